The number of ether oxygens (including phenoxy) is 5. The maximum absolute atomic E-state index is 14.7. The zero-order valence-corrected chi connectivity index (χ0v) is 47.1. The van der Waals surface area contributed by atoms with Crippen LogP contribution in [0.5, 0.6) is 0 Å². The van der Waals surface area contributed by atoms with Crippen LogP contribution in [0.15, 0.2) is 30.3 Å². The summed E-state index contributed by atoms with van der Waals surface area (Å²) >= 11 is 0. The minimum atomic E-state index is -0.997. The normalized spacial score (nSPS) is 17.1. The van der Waals surface area contributed by atoms with E-state index < -0.39 is 78.1 Å². The summed E-state index contributed by atoms with van der Waals surface area (Å²) in [7, 11) is 7.47. The largest absolute Gasteiger partial charge is 0.467 e. The van der Waals surface area contributed by atoms with E-state index >= 15 is 0 Å². The topological polar surface area (TPSA) is 267 Å². The van der Waals surface area contributed by atoms with Crippen molar-refractivity contribution in [1.29, 1.82) is 0 Å². The van der Waals surface area contributed by atoms with Crippen LogP contribution in [0, 0.1) is 23.7 Å². The second-order valence-electron chi connectivity index (χ2n) is 20.2. The lowest BCUT2D eigenvalue weighted by Gasteiger charge is -2.41. The molecule has 6 N–H and O–H groups in total. The lowest BCUT2D eigenvalue weighted by atomic mass is 9.89. The molecule has 1 saturated heterocycles. The van der Waals surface area contributed by atoms with Gasteiger partial charge in [0.1, 0.15) is 24.2 Å². The average molecular weight is 1060 g/mol. The minimum absolute atomic E-state index is 0.0225. The van der Waals surface area contributed by atoms with Gasteiger partial charge >= 0.3 is 5.97 Å². The molecule has 0 saturated carbocycles. The summed E-state index contributed by atoms with van der Waals surface area (Å²) in [6.45, 7) is 16.8. The molecule has 0 aliphatic carbocycles. The zero-order chi connectivity index (χ0) is 56.4. The van der Waals surface area contributed by atoms with Gasteiger partial charge in [0, 0.05) is 67.2 Å². The second-order valence-corrected chi connectivity index (χ2v) is 20.2. The van der Waals surface area contributed by atoms with Crippen molar-refractivity contribution in [2.45, 2.75) is 155 Å². The number of amides is 7. The van der Waals surface area contributed by atoms with E-state index in [-0.39, 0.29) is 86.6 Å². The van der Waals surface area contributed by atoms with Gasteiger partial charge in [0.15, 0.2) is 0 Å². The van der Waals surface area contributed by atoms with Crippen molar-refractivity contribution >= 4 is 47.3 Å². The first-order valence-electron chi connectivity index (χ1n) is 26.6. The monoisotopic (exact) mass is 1060 g/mol. The summed E-state index contributed by atoms with van der Waals surface area (Å²) < 4.78 is 27.6. The number of nitrogens with zero attached hydrogens (tertiary/aromatic N) is 3. The molecule has 1 fully saturated rings. The van der Waals surface area contributed by atoms with E-state index in [4.69, 9.17) is 29.4 Å². The van der Waals surface area contributed by atoms with Crippen LogP contribution >= 0.6 is 0 Å². The maximum atomic E-state index is 14.7. The summed E-state index contributed by atoms with van der Waals surface area (Å²) in [5.74, 6) is -4.82. The highest BCUT2D eigenvalue weighted by atomic mass is 16.5. The fourth-order valence-electron chi connectivity index (χ4n) is 9.58. The average Bonchev–Trinajstić information content (AvgIpc) is 3.87. The molecule has 7 amide bonds. The number of hydrogen-bond acceptors (Lipinski definition) is 14. The van der Waals surface area contributed by atoms with E-state index in [0.717, 1.165) is 5.56 Å². The van der Waals surface area contributed by atoms with E-state index in [1.165, 1.54) is 26.2 Å². The Morgan fingerprint density at radius 1 is 0.773 bits per heavy atom. The number of rotatable bonds is 35. The summed E-state index contributed by atoms with van der Waals surface area (Å²) in [4.78, 5) is 113. The number of carbonyl (C=O) groups excluding carboxylic acids is 8. The summed E-state index contributed by atoms with van der Waals surface area (Å²) in [6, 6.07) is 4.56. The van der Waals surface area contributed by atoms with Crippen molar-refractivity contribution in [3.63, 3.8) is 0 Å². The molecular formula is C54H92N8O13. The number of methoxy groups -OCH3 is 3. The molecule has 2 rings (SSSR count). The van der Waals surface area contributed by atoms with Gasteiger partial charge in [-0.1, -0.05) is 85.2 Å². The fourth-order valence-corrected chi connectivity index (χ4v) is 9.58. The molecule has 75 heavy (non-hydrogen) atoms. The Kier molecular flexibility index (Phi) is 30.3. The van der Waals surface area contributed by atoms with Crippen LogP contribution in [0.2, 0.25) is 0 Å². The lowest BCUT2D eigenvalue weighted by molar-refractivity contribution is -0.149. The number of likely N-dealkylation sites (tertiary alicyclic amines) is 1. The molecule has 1 heterocycles. The smallest absolute Gasteiger partial charge is 0.328 e. The van der Waals surface area contributed by atoms with Gasteiger partial charge in [-0.3, -0.25) is 33.6 Å². The molecule has 1 aromatic carbocycles. The quantitative estimate of drug-likeness (QED) is 0.0483. The Morgan fingerprint density at radius 2 is 1.43 bits per heavy atom. The first-order valence-corrected chi connectivity index (χ1v) is 26.6. The van der Waals surface area contributed by atoms with E-state index in [0.29, 0.717) is 52.2 Å². The molecule has 0 radical (unpaired) electrons. The molecule has 10 atom stereocenters. The zero-order valence-electron chi connectivity index (χ0n) is 47.1. The highest BCUT2D eigenvalue weighted by molar-refractivity contribution is 5.93. The Balaban J connectivity index is 2.12. The van der Waals surface area contributed by atoms with Crippen molar-refractivity contribution in [2.75, 3.05) is 81.5 Å². The van der Waals surface area contributed by atoms with Crippen LogP contribution in [0.3, 0.4) is 0 Å². The third-order valence-electron chi connectivity index (χ3n) is 14.0. The van der Waals surface area contributed by atoms with Crippen LogP contribution in [0.1, 0.15) is 106 Å². The summed E-state index contributed by atoms with van der Waals surface area (Å²) in [5.41, 5.74) is 6.22. The van der Waals surface area contributed by atoms with Crippen LogP contribution in [-0.4, -0.2) is 192 Å². The summed E-state index contributed by atoms with van der Waals surface area (Å²) in [5, 5.41) is 11.2. The summed E-state index contributed by atoms with van der Waals surface area (Å²) in [6.07, 6.45) is 0.947. The van der Waals surface area contributed by atoms with Gasteiger partial charge in [0.25, 0.3) is 0 Å². The van der Waals surface area contributed by atoms with Gasteiger partial charge in [0.2, 0.25) is 41.4 Å². The van der Waals surface area contributed by atoms with Crippen molar-refractivity contribution in [3.8, 4) is 0 Å². The lowest BCUT2D eigenvalue weighted by Crippen LogP contribution is -2.60. The van der Waals surface area contributed by atoms with Gasteiger partial charge in [-0.25, -0.2) is 4.79 Å². The number of carbonyl (C=O) groups is 8. The Hall–Kier alpha value is -5.22. The SMILES string of the molecule is CC[C@H](C)[C@@H]([C@@H](CC(=O)N1CCC[C@H]1[C@H](OC)[C@@H](C)C(=O)NC(Cc1ccccc1)C(=O)OC)OC)N(C)C(=O)[C@@H](NC(=O)[C@H](C(C)C)N(C)C(=O)CCCNC(=O)C(C)NC(=O)CCOCCOCCN)C(C)C. The number of nitrogens with one attached hydrogen (secondary N) is 4. The highest BCUT2D eigenvalue weighted by Crippen LogP contribution is 2.30. The van der Waals surface area contributed by atoms with Crippen LogP contribution < -0.4 is 27.0 Å². The molecule has 1 aromatic rings. The van der Waals surface area contributed by atoms with E-state index in [1.54, 1.807) is 37.7 Å². The van der Waals surface area contributed by atoms with Crippen molar-refractivity contribution in [1.82, 2.24) is 36.0 Å². The Labute approximate surface area is 446 Å². The van der Waals surface area contributed by atoms with Crippen molar-refractivity contribution in [2.24, 2.45) is 29.4 Å². The second kappa shape index (κ2) is 34.4. The number of hydrogen-bond donors (Lipinski definition) is 5. The molecule has 0 spiro atoms. The third-order valence-corrected chi connectivity index (χ3v) is 14.0. The van der Waals surface area contributed by atoms with Crippen molar-refractivity contribution < 1.29 is 62.0 Å². The molecule has 426 valence electrons. The highest BCUT2D eigenvalue weighted by Gasteiger charge is 2.44. The van der Waals surface area contributed by atoms with Gasteiger partial charge in [0.05, 0.1) is 70.2 Å². The molecule has 21 heteroatoms. The number of benzene rings is 1. The van der Waals surface area contributed by atoms with E-state index in [2.05, 4.69) is 21.3 Å². The Bertz CT molecular complexity index is 1940. The van der Waals surface area contributed by atoms with Gasteiger partial charge in [-0.2, -0.15) is 0 Å². The predicted molar refractivity (Wildman–Crippen MR) is 284 cm³/mol. The van der Waals surface area contributed by atoms with Gasteiger partial charge in [-0.15, -0.1) is 0 Å². The van der Waals surface area contributed by atoms with Crippen LogP contribution in [-0.2, 0) is 68.5 Å². The molecule has 21 nitrogen and oxygen atoms in total. The van der Waals surface area contributed by atoms with Crippen LogP contribution in [0.4, 0.5) is 0 Å². The first kappa shape index (κ1) is 65.9. The molecule has 1 aliphatic rings. The maximum Gasteiger partial charge on any atom is 0.328 e. The van der Waals surface area contributed by atoms with E-state index in [1.807, 2.05) is 71.9 Å². The standard InChI is InChI=1S/C54H92N8O13/c1-14-36(6)48(42(71-11)33-45(65)62-27-19-22-41(62)49(72-12)37(7)50(66)58-40(54(70)73-13)32-39-20-16-15-17-21-39)61(10)53(69)46(34(2)3)59-52(68)47(35(4)5)60(9)44(64)23-18-26-56-51(67)38(8)57-43(63)24-28-74-30-31-75-29-25-55/h15-17,20-21,34-38,40-42,46-49H,14,18-19,22-33,55H2,1-13H3,(H,56,67)(H,57,63)(H,58,66)(H,59,68)/t36-,37+,38?,40?,41-,42+,46-,47-,48-,49+/m0/s1. The molecule has 0 bridgehead atoms. The van der Waals surface area contributed by atoms with E-state index in [9.17, 15) is 38.4 Å². The molecular weight excluding hydrogens is 969 g/mol. The third kappa shape index (κ3) is 21.0. The Morgan fingerprint density at radius 3 is 2.00 bits per heavy atom. The van der Waals surface area contributed by atoms with Gasteiger partial charge in [-0.05, 0) is 49.5 Å². The minimum Gasteiger partial charge on any atom is -0.467 e. The molecule has 2 unspecified atom stereocenters. The molecule has 0 aromatic heterocycles. The van der Waals surface area contributed by atoms with Gasteiger partial charge < -0.3 is 65.4 Å². The molecule has 1 aliphatic heterocycles. The number of esters is 1. The van der Waals surface area contributed by atoms with Crippen molar-refractivity contribution in [3.05, 3.63) is 35.9 Å². The first-order chi connectivity index (χ1) is 35.6. The fraction of sp³-hybridized carbons (Fsp3) is 0.741. The number of nitrogens with two attached hydrogens (primary N) is 1. The number of likely N-dealkylation sites (N-methyl/N-ethyl adjacent to an activating group) is 2. The predicted octanol–water partition coefficient (Wildman–Crippen LogP) is 2.21. The van der Waals surface area contributed by atoms with Crippen LogP contribution in [0.25, 0.3) is 0 Å².